The van der Waals surface area contributed by atoms with Crippen LogP contribution in [0.2, 0.25) is 0 Å². The molecule has 0 atom stereocenters. The number of amides is 1. The van der Waals surface area contributed by atoms with Crippen LogP contribution in [0.5, 0.6) is 0 Å². The summed E-state index contributed by atoms with van der Waals surface area (Å²) in [4.78, 5) is 13.2. The van der Waals surface area contributed by atoms with Crippen molar-refractivity contribution in [1.29, 1.82) is 0 Å². The lowest BCUT2D eigenvalue weighted by atomic mass is 10.1. The highest BCUT2D eigenvalue weighted by Gasteiger charge is 2.22. The Labute approximate surface area is 204 Å². The average Bonchev–Trinajstić information content (AvgIpc) is 3.16. The van der Waals surface area contributed by atoms with E-state index in [1.807, 2.05) is 12.2 Å². The first-order chi connectivity index (χ1) is 16.8. The van der Waals surface area contributed by atoms with Crippen molar-refractivity contribution >= 4 is 27.6 Å². The van der Waals surface area contributed by atoms with E-state index in [4.69, 9.17) is 0 Å². The number of hydrogen-bond donors (Lipinski definition) is 2. The van der Waals surface area contributed by atoms with Crippen LogP contribution in [0.1, 0.15) is 42.1 Å². The molecule has 9 heteroatoms. The smallest absolute Gasteiger partial charge is 0.251 e. The fourth-order valence-electron chi connectivity index (χ4n) is 3.87. The van der Waals surface area contributed by atoms with E-state index in [1.54, 1.807) is 47.3 Å². The number of allylic oxidation sites excluding steroid dienone is 2. The van der Waals surface area contributed by atoms with Crippen LogP contribution in [0.3, 0.4) is 0 Å². The summed E-state index contributed by atoms with van der Waals surface area (Å²) in [6.07, 6.45) is 7.09. The molecule has 0 spiro atoms. The van der Waals surface area contributed by atoms with Crippen molar-refractivity contribution in [2.45, 2.75) is 32.1 Å². The third kappa shape index (κ3) is 5.75. The molecule has 0 unspecified atom stereocenters. The molecule has 7 nitrogen and oxygen atoms in total. The molecule has 0 saturated carbocycles. The molecule has 3 aromatic rings. The zero-order chi connectivity index (χ0) is 25.0. The van der Waals surface area contributed by atoms with Crippen LogP contribution in [0.15, 0.2) is 66.4 Å². The quantitative estimate of drug-likeness (QED) is 0.496. The number of aromatic nitrogens is 2. The van der Waals surface area contributed by atoms with Crippen molar-refractivity contribution in [2.24, 2.45) is 0 Å². The van der Waals surface area contributed by atoms with Crippen molar-refractivity contribution in [3.8, 4) is 5.69 Å². The molecule has 2 N–H and O–H groups in total. The minimum absolute atomic E-state index is 0.101. The van der Waals surface area contributed by atoms with Gasteiger partial charge in [0.05, 0.1) is 23.3 Å². The van der Waals surface area contributed by atoms with E-state index in [0.717, 1.165) is 23.3 Å². The van der Waals surface area contributed by atoms with Gasteiger partial charge in [-0.1, -0.05) is 42.8 Å². The maximum Gasteiger partial charge on any atom is 0.251 e. The van der Waals surface area contributed by atoms with Gasteiger partial charge in [-0.05, 0) is 61.4 Å². The van der Waals surface area contributed by atoms with Crippen LogP contribution < -0.4 is 10.0 Å². The standard InChI is InChI=1S/C26H27FN4O3S/c1-3-18-8-13-23(24-16-30-31(25(24)14-18)22-11-9-21(27)10-12-22)26(32)29-15-19-4-6-20(7-5-19)17-35(33,34)28-2/h4-7,9-14,16,28H,3,8,15,17H2,1-2H3,(H,29,32). The minimum Gasteiger partial charge on any atom is -0.348 e. The summed E-state index contributed by atoms with van der Waals surface area (Å²) in [7, 11) is -1.96. The van der Waals surface area contributed by atoms with Crippen LogP contribution in [-0.4, -0.2) is 31.2 Å². The maximum atomic E-state index is 13.4. The number of fused-ring (bicyclic) bond motifs is 1. The molecule has 1 amide bonds. The van der Waals surface area contributed by atoms with Crippen LogP contribution in [0.4, 0.5) is 4.39 Å². The molecule has 35 heavy (non-hydrogen) atoms. The first kappa shape index (κ1) is 24.6. The second-order valence-electron chi connectivity index (χ2n) is 8.27. The Morgan fingerprint density at radius 1 is 1.09 bits per heavy atom. The van der Waals surface area contributed by atoms with Gasteiger partial charge in [0, 0.05) is 17.7 Å². The van der Waals surface area contributed by atoms with Crippen molar-refractivity contribution < 1.29 is 17.6 Å². The largest absolute Gasteiger partial charge is 0.348 e. The summed E-state index contributed by atoms with van der Waals surface area (Å²) < 4.78 is 40.9. The fraction of sp³-hybridized carbons (Fsp3) is 0.231. The van der Waals surface area contributed by atoms with E-state index in [1.165, 1.54) is 19.2 Å². The summed E-state index contributed by atoms with van der Waals surface area (Å²) >= 11 is 0. The average molecular weight is 495 g/mol. The Morgan fingerprint density at radius 3 is 2.43 bits per heavy atom. The van der Waals surface area contributed by atoms with E-state index in [2.05, 4.69) is 22.1 Å². The SMILES string of the molecule is CCC1=Cc2c(cnn2-c2ccc(F)cc2)C(C(=O)NCc2ccc(CS(=O)(=O)NC)cc2)=CC1. The maximum absolute atomic E-state index is 13.4. The number of halogens is 1. The predicted octanol–water partition coefficient (Wildman–Crippen LogP) is 3.96. The third-order valence-electron chi connectivity index (χ3n) is 5.92. The topological polar surface area (TPSA) is 93.1 Å². The summed E-state index contributed by atoms with van der Waals surface area (Å²) in [5.41, 5.74) is 5.41. The monoisotopic (exact) mass is 494 g/mol. The Morgan fingerprint density at radius 2 is 1.77 bits per heavy atom. The number of carbonyl (C=O) groups is 1. The van der Waals surface area contributed by atoms with Gasteiger partial charge in [-0.3, -0.25) is 4.79 Å². The molecule has 182 valence electrons. The van der Waals surface area contributed by atoms with Crippen molar-refractivity contribution in [3.05, 3.63) is 94.6 Å². The Kier molecular flexibility index (Phi) is 7.28. The minimum atomic E-state index is -3.34. The lowest BCUT2D eigenvalue weighted by molar-refractivity contribution is -0.115. The summed E-state index contributed by atoms with van der Waals surface area (Å²) in [5, 5.41) is 7.44. The molecular formula is C26H27FN4O3S. The normalized spacial score (nSPS) is 13.5. The molecule has 1 aromatic heterocycles. The number of sulfonamides is 1. The zero-order valence-electron chi connectivity index (χ0n) is 19.6. The molecule has 1 heterocycles. The van der Waals surface area contributed by atoms with Gasteiger partial charge < -0.3 is 5.32 Å². The van der Waals surface area contributed by atoms with Gasteiger partial charge in [-0.25, -0.2) is 22.2 Å². The number of nitrogens with one attached hydrogen (secondary N) is 2. The lowest BCUT2D eigenvalue weighted by Crippen LogP contribution is -2.24. The molecule has 0 aliphatic heterocycles. The highest BCUT2D eigenvalue weighted by atomic mass is 32.2. The molecule has 0 saturated heterocycles. The summed E-state index contributed by atoms with van der Waals surface area (Å²) in [5.74, 6) is -0.651. The predicted molar refractivity (Wildman–Crippen MR) is 134 cm³/mol. The molecule has 0 radical (unpaired) electrons. The van der Waals surface area contributed by atoms with Crippen LogP contribution in [0, 0.1) is 5.82 Å². The molecule has 4 rings (SSSR count). The number of carbonyl (C=O) groups excluding carboxylic acids is 1. The highest BCUT2D eigenvalue weighted by Crippen LogP contribution is 2.30. The summed E-state index contributed by atoms with van der Waals surface area (Å²) in [6, 6.07) is 13.2. The number of hydrogen-bond acceptors (Lipinski definition) is 4. The number of benzene rings is 2. The van der Waals surface area contributed by atoms with Gasteiger partial charge in [0.25, 0.3) is 5.91 Å². The van der Waals surface area contributed by atoms with E-state index >= 15 is 0 Å². The second kappa shape index (κ2) is 10.4. The van der Waals surface area contributed by atoms with Gasteiger partial charge in [0.1, 0.15) is 5.82 Å². The van der Waals surface area contributed by atoms with Crippen molar-refractivity contribution in [3.63, 3.8) is 0 Å². The van der Waals surface area contributed by atoms with E-state index < -0.39 is 10.0 Å². The first-order valence-corrected chi connectivity index (χ1v) is 13.0. The van der Waals surface area contributed by atoms with Crippen LogP contribution in [0.25, 0.3) is 17.3 Å². The van der Waals surface area contributed by atoms with Gasteiger partial charge >= 0.3 is 0 Å². The Balaban J connectivity index is 1.53. The van der Waals surface area contributed by atoms with Crippen LogP contribution in [-0.2, 0) is 27.1 Å². The molecule has 1 aliphatic rings. The van der Waals surface area contributed by atoms with Crippen molar-refractivity contribution in [2.75, 3.05) is 7.05 Å². The molecule has 2 aromatic carbocycles. The molecule has 0 bridgehead atoms. The van der Waals surface area contributed by atoms with Gasteiger partial charge in [0.2, 0.25) is 10.0 Å². The fourth-order valence-corrected chi connectivity index (χ4v) is 4.65. The third-order valence-corrected chi connectivity index (χ3v) is 7.25. The van der Waals surface area contributed by atoms with Crippen LogP contribution >= 0.6 is 0 Å². The summed E-state index contributed by atoms with van der Waals surface area (Å²) in [6.45, 7) is 2.36. The Hall–Kier alpha value is -3.56. The highest BCUT2D eigenvalue weighted by molar-refractivity contribution is 7.88. The van der Waals surface area contributed by atoms with E-state index in [-0.39, 0.29) is 17.5 Å². The second-order valence-corrected chi connectivity index (χ2v) is 10.2. The molecular weight excluding hydrogens is 467 g/mol. The van der Waals surface area contributed by atoms with Crippen molar-refractivity contribution in [1.82, 2.24) is 19.8 Å². The number of nitrogens with zero attached hydrogens (tertiary/aromatic N) is 2. The molecule has 1 aliphatic carbocycles. The van der Waals surface area contributed by atoms with Gasteiger partial charge in [-0.2, -0.15) is 5.10 Å². The molecule has 0 fully saturated rings. The van der Waals surface area contributed by atoms with E-state index in [0.29, 0.717) is 35.4 Å². The first-order valence-electron chi connectivity index (χ1n) is 11.3. The Bertz CT molecular complexity index is 1390. The van der Waals surface area contributed by atoms with Gasteiger partial charge in [-0.15, -0.1) is 0 Å². The number of rotatable bonds is 8. The van der Waals surface area contributed by atoms with Gasteiger partial charge in [0.15, 0.2) is 0 Å². The van der Waals surface area contributed by atoms with E-state index in [9.17, 15) is 17.6 Å². The zero-order valence-corrected chi connectivity index (χ0v) is 20.4. The lowest BCUT2D eigenvalue weighted by Gasteiger charge is -2.10.